The fourth-order valence-corrected chi connectivity index (χ4v) is 2.12. The molecule has 1 aromatic carbocycles. The highest BCUT2D eigenvalue weighted by molar-refractivity contribution is 5.74. The van der Waals surface area contributed by atoms with Gasteiger partial charge >= 0.3 is 0 Å². The first-order valence-corrected chi connectivity index (χ1v) is 5.35. The summed E-state index contributed by atoms with van der Waals surface area (Å²) in [6, 6.07) is 5.22. The lowest BCUT2D eigenvalue weighted by Gasteiger charge is -2.41. The second-order valence-corrected chi connectivity index (χ2v) is 4.66. The van der Waals surface area contributed by atoms with Crippen LogP contribution in [0.4, 0.5) is 15.8 Å². The van der Waals surface area contributed by atoms with Crippen LogP contribution in [0, 0.1) is 5.82 Å². The molecule has 1 heterocycles. The van der Waals surface area contributed by atoms with Crippen molar-refractivity contribution in [3.05, 3.63) is 24.0 Å². The Morgan fingerprint density at radius 2 is 2.20 bits per heavy atom. The van der Waals surface area contributed by atoms with E-state index in [2.05, 4.69) is 31.0 Å². The van der Waals surface area contributed by atoms with Crippen LogP contribution in [-0.4, -0.2) is 18.6 Å². The third-order valence-electron chi connectivity index (χ3n) is 2.76. The van der Waals surface area contributed by atoms with Crippen LogP contribution in [0.2, 0.25) is 0 Å². The molecule has 0 spiro atoms. The van der Waals surface area contributed by atoms with Gasteiger partial charge in [-0.15, -0.1) is 0 Å². The van der Waals surface area contributed by atoms with Gasteiger partial charge in [-0.25, -0.2) is 4.39 Å². The maximum atomic E-state index is 13.6. The Morgan fingerprint density at radius 1 is 1.47 bits per heavy atom. The molecule has 15 heavy (non-hydrogen) atoms. The summed E-state index contributed by atoms with van der Waals surface area (Å²) in [6.07, 6.45) is 0. The standard InChI is InChI=1S/C12H17FN2/c1-4-15-8-12(2,3)14-11-9(13)6-5-7-10(11)15/h5-7,14H,4,8H2,1-3H3. The predicted octanol–water partition coefficient (Wildman–Crippen LogP) is 2.86. The van der Waals surface area contributed by atoms with E-state index >= 15 is 0 Å². The van der Waals surface area contributed by atoms with Gasteiger partial charge in [-0.05, 0) is 32.9 Å². The van der Waals surface area contributed by atoms with E-state index in [-0.39, 0.29) is 11.4 Å². The summed E-state index contributed by atoms with van der Waals surface area (Å²) in [4.78, 5) is 2.20. The molecule has 1 aliphatic heterocycles. The van der Waals surface area contributed by atoms with Gasteiger partial charge in [-0.3, -0.25) is 0 Å². The van der Waals surface area contributed by atoms with Gasteiger partial charge in [0.25, 0.3) is 0 Å². The molecule has 0 fully saturated rings. The van der Waals surface area contributed by atoms with Crippen molar-refractivity contribution in [3.63, 3.8) is 0 Å². The summed E-state index contributed by atoms with van der Waals surface area (Å²) in [5.41, 5.74) is 1.53. The maximum absolute atomic E-state index is 13.6. The normalized spacial score (nSPS) is 18.3. The highest BCUT2D eigenvalue weighted by Gasteiger charge is 2.30. The molecule has 0 unspecified atom stereocenters. The van der Waals surface area contributed by atoms with Gasteiger partial charge in [-0.1, -0.05) is 6.07 Å². The van der Waals surface area contributed by atoms with Crippen molar-refractivity contribution in [2.24, 2.45) is 0 Å². The molecule has 1 N–H and O–H groups in total. The summed E-state index contributed by atoms with van der Waals surface area (Å²) >= 11 is 0. The number of likely N-dealkylation sites (N-methyl/N-ethyl adjacent to an activating group) is 1. The summed E-state index contributed by atoms with van der Waals surface area (Å²) < 4.78 is 13.6. The van der Waals surface area contributed by atoms with Gasteiger partial charge in [-0.2, -0.15) is 0 Å². The second-order valence-electron chi connectivity index (χ2n) is 4.66. The minimum atomic E-state index is -0.168. The lowest BCUT2D eigenvalue weighted by atomic mass is 9.99. The molecule has 0 aromatic heterocycles. The highest BCUT2D eigenvalue weighted by atomic mass is 19.1. The van der Waals surface area contributed by atoms with E-state index in [0.29, 0.717) is 5.69 Å². The molecule has 2 nitrogen and oxygen atoms in total. The molecule has 0 radical (unpaired) electrons. The van der Waals surface area contributed by atoms with Crippen molar-refractivity contribution in [1.29, 1.82) is 0 Å². The Morgan fingerprint density at radius 3 is 2.87 bits per heavy atom. The third kappa shape index (κ3) is 1.78. The van der Waals surface area contributed by atoms with Crippen LogP contribution in [0.1, 0.15) is 20.8 Å². The average Bonchev–Trinajstić information content (AvgIpc) is 2.17. The molecule has 1 aromatic rings. The first kappa shape index (κ1) is 10.3. The van der Waals surface area contributed by atoms with E-state index in [1.807, 2.05) is 6.07 Å². The maximum Gasteiger partial charge on any atom is 0.148 e. The number of para-hydroxylation sites is 1. The monoisotopic (exact) mass is 208 g/mol. The number of halogens is 1. The summed E-state index contributed by atoms with van der Waals surface area (Å²) in [5.74, 6) is -0.168. The van der Waals surface area contributed by atoms with Crippen LogP contribution in [0.25, 0.3) is 0 Å². The summed E-state index contributed by atoms with van der Waals surface area (Å²) in [6.45, 7) is 8.08. The number of hydrogen-bond acceptors (Lipinski definition) is 2. The molecule has 0 saturated carbocycles. The van der Waals surface area contributed by atoms with Crippen molar-refractivity contribution in [2.45, 2.75) is 26.3 Å². The number of benzene rings is 1. The summed E-state index contributed by atoms with van der Waals surface area (Å²) in [5, 5.41) is 3.25. The first-order chi connectivity index (χ1) is 7.03. The van der Waals surface area contributed by atoms with Gasteiger partial charge in [0.15, 0.2) is 0 Å². The smallest absolute Gasteiger partial charge is 0.148 e. The van der Waals surface area contributed by atoms with Crippen molar-refractivity contribution in [2.75, 3.05) is 23.3 Å². The molecule has 0 amide bonds. The number of nitrogens with zero attached hydrogens (tertiary/aromatic N) is 1. The van der Waals surface area contributed by atoms with E-state index < -0.39 is 0 Å². The van der Waals surface area contributed by atoms with Crippen LogP contribution in [0.3, 0.4) is 0 Å². The van der Waals surface area contributed by atoms with Gasteiger partial charge in [0.05, 0.1) is 11.4 Å². The lowest BCUT2D eigenvalue weighted by Crippen LogP contribution is -2.48. The Hall–Kier alpha value is -1.25. The number of rotatable bonds is 1. The fraction of sp³-hybridized carbons (Fsp3) is 0.500. The first-order valence-electron chi connectivity index (χ1n) is 5.35. The van der Waals surface area contributed by atoms with Gasteiger partial charge < -0.3 is 10.2 Å². The van der Waals surface area contributed by atoms with E-state index in [1.165, 1.54) is 6.07 Å². The summed E-state index contributed by atoms with van der Waals surface area (Å²) in [7, 11) is 0. The van der Waals surface area contributed by atoms with Gasteiger partial charge in [0.2, 0.25) is 0 Å². The molecular formula is C12H17FN2. The minimum absolute atomic E-state index is 0.0782. The second kappa shape index (κ2) is 3.40. The Bertz CT molecular complexity index is 374. The van der Waals surface area contributed by atoms with E-state index in [4.69, 9.17) is 0 Å². The largest absolute Gasteiger partial charge is 0.374 e. The molecule has 1 aliphatic rings. The van der Waals surface area contributed by atoms with Crippen molar-refractivity contribution < 1.29 is 4.39 Å². The van der Waals surface area contributed by atoms with Crippen molar-refractivity contribution in [3.8, 4) is 0 Å². The molecule has 82 valence electrons. The van der Waals surface area contributed by atoms with Crippen LogP contribution < -0.4 is 10.2 Å². The van der Waals surface area contributed by atoms with E-state index in [0.717, 1.165) is 18.8 Å². The topological polar surface area (TPSA) is 15.3 Å². The fourth-order valence-electron chi connectivity index (χ4n) is 2.12. The number of fused-ring (bicyclic) bond motifs is 1. The predicted molar refractivity (Wildman–Crippen MR) is 62.0 cm³/mol. The van der Waals surface area contributed by atoms with Crippen LogP contribution in [-0.2, 0) is 0 Å². The zero-order valence-corrected chi connectivity index (χ0v) is 9.47. The zero-order chi connectivity index (χ0) is 11.1. The Labute approximate surface area is 90.1 Å². The number of nitrogens with one attached hydrogen (secondary N) is 1. The number of hydrogen-bond donors (Lipinski definition) is 1. The van der Waals surface area contributed by atoms with Gasteiger partial charge in [0.1, 0.15) is 5.82 Å². The molecule has 0 saturated heterocycles. The average molecular weight is 208 g/mol. The SMILES string of the molecule is CCN1CC(C)(C)Nc2c(F)cccc21. The molecule has 2 rings (SSSR count). The molecular weight excluding hydrogens is 191 g/mol. The van der Waals surface area contributed by atoms with Crippen LogP contribution in [0.5, 0.6) is 0 Å². The molecule has 0 atom stereocenters. The van der Waals surface area contributed by atoms with E-state index in [1.54, 1.807) is 6.07 Å². The van der Waals surface area contributed by atoms with Crippen LogP contribution in [0.15, 0.2) is 18.2 Å². The van der Waals surface area contributed by atoms with E-state index in [9.17, 15) is 4.39 Å². The zero-order valence-electron chi connectivity index (χ0n) is 9.47. The van der Waals surface area contributed by atoms with Crippen molar-refractivity contribution in [1.82, 2.24) is 0 Å². The molecule has 0 bridgehead atoms. The third-order valence-corrected chi connectivity index (χ3v) is 2.76. The van der Waals surface area contributed by atoms with Gasteiger partial charge in [0, 0.05) is 18.6 Å². The number of anilines is 2. The minimum Gasteiger partial charge on any atom is -0.374 e. The molecule has 3 heteroatoms. The Balaban J connectivity index is 2.49. The Kier molecular flexibility index (Phi) is 2.33. The van der Waals surface area contributed by atoms with Crippen molar-refractivity contribution >= 4 is 11.4 Å². The lowest BCUT2D eigenvalue weighted by molar-refractivity contribution is 0.524. The highest BCUT2D eigenvalue weighted by Crippen LogP contribution is 2.35. The van der Waals surface area contributed by atoms with Crippen LogP contribution >= 0.6 is 0 Å². The quantitative estimate of drug-likeness (QED) is 0.763. The molecule has 0 aliphatic carbocycles.